The summed E-state index contributed by atoms with van der Waals surface area (Å²) in [6.45, 7) is 0. The quantitative estimate of drug-likeness (QED) is 0.117. The second-order valence-corrected chi connectivity index (χ2v) is 7.98. The second kappa shape index (κ2) is 8.84. The SMILES string of the molecule is O=C(O)C1=C(/C=C\c2csnn2)CS[C@H]2C(NC(=O)C(=NO)C(=O)CBr)C(=O)N12. The van der Waals surface area contributed by atoms with E-state index in [9.17, 15) is 24.3 Å². The maximum absolute atomic E-state index is 12.5. The molecule has 2 amide bonds. The zero-order chi connectivity index (χ0) is 21.1. The molecule has 1 fully saturated rings. The van der Waals surface area contributed by atoms with Crippen molar-refractivity contribution < 1.29 is 29.5 Å². The van der Waals surface area contributed by atoms with Gasteiger partial charge in [0.1, 0.15) is 17.1 Å². The van der Waals surface area contributed by atoms with Gasteiger partial charge in [-0.05, 0) is 23.2 Å². The Labute approximate surface area is 179 Å². The molecule has 14 heteroatoms. The van der Waals surface area contributed by atoms with Crippen LogP contribution in [0, 0.1) is 0 Å². The molecule has 1 aromatic rings. The van der Waals surface area contributed by atoms with Gasteiger partial charge in [-0.2, -0.15) is 0 Å². The predicted octanol–water partition coefficient (Wildman–Crippen LogP) is 0.0841. The zero-order valence-corrected chi connectivity index (χ0v) is 17.5. The van der Waals surface area contributed by atoms with E-state index < -0.39 is 40.7 Å². The molecule has 2 aliphatic heterocycles. The number of halogens is 1. The van der Waals surface area contributed by atoms with Gasteiger partial charge in [0.15, 0.2) is 0 Å². The Balaban J connectivity index is 1.79. The summed E-state index contributed by atoms with van der Waals surface area (Å²) in [6, 6.07) is -1.05. The monoisotopic (exact) mass is 501 g/mol. The summed E-state index contributed by atoms with van der Waals surface area (Å²) in [6.07, 6.45) is 3.16. The maximum atomic E-state index is 12.5. The number of hydrogen-bond acceptors (Lipinski definition) is 10. The third kappa shape index (κ3) is 4.09. The number of β-lactam (4-membered cyclic amide) rings is 1. The number of ketones is 1. The Bertz CT molecular complexity index is 960. The molecule has 0 aliphatic carbocycles. The van der Waals surface area contributed by atoms with Gasteiger partial charge in [0, 0.05) is 11.1 Å². The molecular weight excluding hydrogens is 490 g/mol. The van der Waals surface area contributed by atoms with Gasteiger partial charge in [0.2, 0.25) is 11.5 Å². The fourth-order valence-corrected chi connectivity index (χ4v) is 4.71. The van der Waals surface area contributed by atoms with Crippen LogP contribution in [-0.2, 0) is 19.2 Å². The first-order valence-electron chi connectivity index (χ1n) is 7.87. The Morgan fingerprint density at radius 1 is 1.41 bits per heavy atom. The molecule has 1 unspecified atom stereocenters. The lowest BCUT2D eigenvalue weighted by atomic mass is 10.0. The first-order chi connectivity index (χ1) is 13.9. The summed E-state index contributed by atoms with van der Waals surface area (Å²) >= 11 is 5.27. The molecule has 0 radical (unpaired) electrons. The van der Waals surface area contributed by atoms with E-state index >= 15 is 0 Å². The van der Waals surface area contributed by atoms with Crippen LogP contribution in [0.1, 0.15) is 5.69 Å². The number of carboxylic acid groups (broad SMARTS) is 1. The highest BCUT2D eigenvalue weighted by molar-refractivity contribution is 9.09. The number of carbonyl (C=O) groups excluding carboxylic acids is 3. The molecule has 0 saturated carbocycles. The van der Waals surface area contributed by atoms with Crippen molar-refractivity contribution in [3.8, 4) is 0 Å². The molecule has 1 aromatic heterocycles. The van der Waals surface area contributed by atoms with Crippen LogP contribution < -0.4 is 5.32 Å². The van der Waals surface area contributed by atoms with Gasteiger partial charge in [0.05, 0.1) is 11.0 Å². The van der Waals surface area contributed by atoms with Gasteiger partial charge in [0.25, 0.3) is 11.8 Å². The third-order valence-corrected chi connectivity index (χ3v) is 6.35. The third-order valence-electron chi connectivity index (χ3n) is 4.02. The van der Waals surface area contributed by atoms with Crippen molar-refractivity contribution in [2.75, 3.05) is 11.1 Å². The van der Waals surface area contributed by atoms with Gasteiger partial charge in [-0.25, -0.2) is 4.79 Å². The van der Waals surface area contributed by atoms with Crippen LogP contribution >= 0.6 is 39.2 Å². The van der Waals surface area contributed by atoms with Crippen LogP contribution in [0.25, 0.3) is 6.08 Å². The maximum Gasteiger partial charge on any atom is 0.352 e. The van der Waals surface area contributed by atoms with Crippen LogP contribution in [0.2, 0.25) is 0 Å². The molecule has 2 atom stereocenters. The Hall–Kier alpha value is -2.58. The molecular formula is C15H12BrN5O6S2. The molecule has 1 saturated heterocycles. The average Bonchev–Trinajstić information content (AvgIpc) is 3.23. The smallest absolute Gasteiger partial charge is 0.352 e. The van der Waals surface area contributed by atoms with Crippen molar-refractivity contribution in [1.29, 1.82) is 0 Å². The number of fused-ring (bicyclic) bond motifs is 1. The number of alkyl halides is 1. The fraction of sp³-hybridized carbons (Fsp3) is 0.267. The molecule has 3 rings (SSSR count). The van der Waals surface area contributed by atoms with Gasteiger partial charge in [-0.1, -0.05) is 31.6 Å². The van der Waals surface area contributed by atoms with Crippen molar-refractivity contribution in [1.82, 2.24) is 19.8 Å². The van der Waals surface area contributed by atoms with E-state index in [-0.39, 0.29) is 16.8 Å². The van der Waals surface area contributed by atoms with Crippen molar-refractivity contribution >= 4 is 74.6 Å². The Kier molecular flexibility index (Phi) is 6.44. The number of carbonyl (C=O) groups is 4. The minimum absolute atomic E-state index is 0.184. The fourth-order valence-electron chi connectivity index (χ4n) is 2.70. The summed E-state index contributed by atoms with van der Waals surface area (Å²) in [5.74, 6) is -3.43. The number of rotatable bonds is 7. The highest BCUT2D eigenvalue weighted by atomic mass is 79.9. The summed E-state index contributed by atoms with van der Waals surface area (Å²) in [7, 11) is 0. The number of nitrogens with zero attached hydrogens (tertiary/aromatic N) is 4. The van der Waals surface area contributed by atoms with Crippen molar-refractivity contribution in [2.24, 2.45) is 5.16 Å². The topological polar surface area (TPSA) is 162 Å². The number of aliphatic carboxylic acids is 1. The Morgan fingerprint density at radius 3 is 2.76 bits per heavy atom. The second-order valence-electron chi connectivity index (χ2n) is 5.71. The summed E-state index contributed by atoms with van der Waals surface area (Å²) in [5, 5.41) is 28.1. The number of thioether (sulfide) groups is 1. The largest absolute Gasteiger partial charge is 0.477 e. The number of oxime groups is 1. The van der Waals surface area contributed by atoms with Gasteiger partial charge >= 0.3 is 5.97 Å². The Morgan fingerprint density at radius 2 is 2.17 bits per heavy atom. The van der Waals surface area contributed by atoms with Crippen molar-refractivity contribution in [3.63, 3.8) is 0 Å². The summed E-state index contributed by atoms with van der Waals surface area (Å²) < 4.78 is 3.71. The van der Waals surface area contributed by atoms with Gasteiger partial charge in [-0.15, -0.1) is 16.9 Å². The number of amides is 2. The normalized spacial score (nSPS) is 21.8. The molecule has 11 nitrogen and oxygen atoms in total. The van der Waals surface area contributed by atoms with Crippen LogP contribution in [0.3, 0.4) is 0 Å². The number of hydrogen-bond donors (Lipinski definition) is 3. The number of allylic oxidation sites excluding steroid dienone is 1. The molecule has 3 N–H and O–H groups in total. The van der Waals surface area contributed by atoms with Gasteiger partial charge < -0.3 is 15.6 Å². The number of carboxylic acids is 1. The molecule has 29 heavy (non-hydrogen) atoms. The predicted molar refractivity (Wildman–Crippen MR) is 107 cm³/mol. The zero-order valence-electron chi connectivity index (χ0n) is 14.3. The first kappa shape index (κ1) is 21.1. The molecule has 0 bridgehead atoms. The van der Waals surface area contributed by atoms with E-state index in [0.29, 0.717) is 11.3 Å². The molecule has 3 heterocycles. The van der Waals surface area contributed by atoms with Crippen LogP contribution in [0.15, 0.2) is 27.9 Å². The molecule has 0 spiro atoms. The molecule has 152 valence electrons. The number of nitrogens with one attached hydrogen (secondary N) is 1. The molecule has 0 aromatic carbocycles. The number of Topliss-reactive ketones (excluding diaryl/α,β-unsaturated/α-hetero) is 1. The van der Waals surface area contributed by atoms with Crippen molar-refractivity contribution in [2.45, 2.75) is 11.4 Å². The highest BCUT2D eigenvalue weighted by Crippen LogP contribution is 2.40. The average molecular weight is 502 g/mol. The minimum atomic E-state index is -1.28. The summed E-state index contributed by atoms with van der Waals surface area (Å²) in [4.78, 5) is 49.1. The van der Waals surface area contributed by atoms with E-state index in [0.717, 1.165) is 16.4 Å². The van der Waals surface area contributed by atoms with E-state index in [4.69, 9.17) is 5.21 Å². The van der Waals surface area contributed by atoms with E-state index in [2.05, 4.69) is 36.0 Å². The van der Waals surface area contributed by atoms with E-state index in [1.807, 2.05) is 0 Å². The van der Waals surface area contributed by atoms with Crippen LogP contribution in [0.5, 0.6) is 0 Å². The van der Waals surface area contributed by atoms with Crippen molar-refractivity contribution in [3.05, 3.63) is 28.4 Å². The van der Waals surface area contributed by atoms with E-state index in [1.165, 1.54) is 11.8 Å². The standard InChI is InChI=1S/C15H12BrN5O6S2/c16-3-8(22)9(19-27)12(23)17-10-13(24)21-11(15(25)26)6(4-28-14(10)21)1-2-7-5-29-20-18-7/h1-2,5,10,14,27H,3-4H2,(H,17,23)(H,25,26)/b2-1-,19-9?/t10?,14-/m0/s1. The lowest BCUT2D eigenvalue weighted by Crippen LogP contribution is -2.71. The highest BCUT2D eigenvalue weighted by Gasteiger charge is 2.54. The minimum Gasteiger partial charge on any atom is -0.477 e. The first-order valence-corrected chi connectivity index (χ1v) is 10.9. The van der Waals surface area contributed by atoms with Crippen LogP contribution in [0.4, 0.5) is 0 Å². The molecule has 2 aliphatic rings. The van der Waals surface area contributed by atoms with Gasteiger partial charge in [-0.3, -0.25) is 19.3 Å². The number of aromatic nitrogens is 2. The lowest BCUT2D eigenvalue weighted by molar-refractivity contribution is -0.150. The lowest BCUT2D eigenvalue weighted by Gasteiger charge is -2.49. The van der Waals surface area contributed by atoms with Crippen LogP contribution in [-0.4, -0.2) is 76.6 Å². The summed E-state index contributed by atoms with van der Waals surface area (Å²) in [5.41, 5.74) is 0.0448. The van der Waals surface area contributed by atoms with E-state index in [1.54, 1.807) is 17.5 Å².